The van der Waals surface area contributed by atoms with E-state index < -0.39 is 15.9 Å². The van der Waals surface area contributed by atoms with E-state index in [4.69, 9.17) is 16.3 Å². The van der Waals surface area contributed by atoms with Crippen molar-refractivity contribution < 1.29 is 17.9 Å². The fourth-order valence-corrected chi connectivity index (χ4v) is 6.01. The fourth-order valence-electron chi connectivity index (χ4n) is 4.26. The highest BCUT2D eigenvalue weighted by Gasteiger charge is 2.28. The van der Waals surface area contributed by atoms with E-state index in [0.717, 1.165) is 31.6 Å². The van der Waals surface area contributed by atoms with E-state index in [0.29, 0.717) is 18.8 Å². The van der Waals surface area contributed by atoms with Gasteiger partial charge in [-0.05, 0) is 69.2 Å². The summed E-state index contributed by atoms with van der Waals surface area (Å²) >= 11 is 6.23. The molecule has 2 saturated heterocycles. The van der Waals surface area contributed by atoms with Crippen LogP contribution in [0.3, 0.4) is 0 Å². The van der Waals surface area contributed by atoms with Crippen LogP contribution in [0.15, 0.2) is 47.4 Å². The van der Waals surface area contributed by atoms with Crippen molar-refractivity contribution >= 4 is 38.9 Å². The number of morpholine rings is 1. The fraction of sp³-hybridized carbons (Fsp3) is 0.435. The minimum Gasteiger partial charge on any atom is -0.372 e. The zero-order valence-electron chi connectivity index (χ0n) is 18.3. The highest BCUT2D eigenvalue weighted by Crippen LogP contribution is 2.27. The Morgan fingerprint density at radius 3 is 2.28 bits per heavy atom. The van der Waals surface area contributed by atoms with E-state index in [2.05, 4.69) is 24.1 Å². The van der Waals surface area contributed by atoms with Gasteiger partial charge in [-0.15, -0.1) is 0 Å². The number of halogens is 1. The average Bonchev–Trinajstić information content (AvgIpc) is 3.29. The molecule has 1 amide bonds. The zero-order valence-corrected chi connectivity index (χ0v) is 19.8. The van der Waals surface area contributed by atoms with Gasteiger partial charge in [0.15, 0.2) is 0 Å². The Morgan fingerprint density at radius 2 is 1.66 bits per heavy atom. The Morgan fingerprint density at radius 1 is 1.03 bits per heavy atom. The first-order valence-corrected chi connectivity index (χ1v) is 12.7. The van der Waals surface area contributed by atoms with E-state index in [9.17, 15) is 13.2 Å². The van der Waals surface area contributed by atoms with Crippen molar-refractivity contribution in [2.24, 2.45) is 0 Å². The molecule has 2 unspecified atom stereocenters. The van der Waals surface area contributed by atoms with Crippen LogP contribution in [0.5, 0.6) is 0 Å². The second-order valence-corrected chi connectivity index (χ2v) is 10.8. The quantitative estimate of drug-likeness (QED) is 0.704. The second-order valence-electron chi connectivity index (χ2n) is 8.42. The van der Waals surface area contributed by atoms with Gasteiger partial charge >= 0.3 is 0 Å². The molecule has 2 atom stereocenters. The normalized spacial score (nSPS) is 22.2. The van der Waals surface area contributed by atoms with Crippen molar-refractivity contribution in [2.75, 3.05) is 36.4 Å². The molecular formula is C23H28ClN3O4S. The Hall–Kier alpha value is -2.13. The summed E-state index contributed by atoms with van der Waals surface area (Å²) in [5.41, 5.74) is 1.80. The third kappa shape index (κ3) is 4.93. The minimum atomic E-state index is -3.63. The Labute approximate surface area is 194 Å². The molecule has 0 aliphatic carbocycles. The van der Waals surface area contributed by atoms with Gasteiger partial charge in [0.1, 0.15) is 0 Å². The van der Waals surface area contributed by atoms with Gasteiger partial charge in [0.2, 0.25) is 10.0 Å². The lowest BCUT2D eigenvalue weighted by atomic mass is 10.1. The molecule has 1 N–H and O–H groups in total. The van der Waals surface area contributed by atoms with Crippen LogP contribution in [0.25, 0.3) is 0 Å². The first kappa shape index (κ1) is 23.0. The number of rotatable bonds is 5. The van der Waals surface area contributed by atoms with Gasteiger partial charge in [0.25, 0.3) is 5.91 Å². The van der Waals surface area contributed by atoms with Crippen LogP contribution in [0.2, 0.25) is 5.02 Å². The maximum atomic E-state index is 12.9. The number of carbonyl (C=O) groups excluding carboxylic acids is 1. The van der Waals surface area contributed by atoms with Crippen molar-refractivity contribution in [3.63, 3.8) is 0 Å². The topological polar surface area (TPSA) is 79.0 Å². The molecule has 172 valence electrons. The molecule has 9 heteroatoms. The number of benzene rings is 2. The number of hydrogen-bond acceptors (Lipinski definition) is 5. The number of carbonyl (C=O) groups is 1. The van der Waals surface area contributed by atoms with Crippen LogP contribution in [0, 0.1) is 0 Å². The number of nitrogens with zero attached hydrogens (tertiary/aromatic N) is 2. The highest BCUT2D eigenvalue weighted by atomic mass is 35.5. The van der Waals surface area contributed by atoms with Crippen LogP contribution in [0.1, 0.15) is 37.0 Å². The van der Waals surface area contributed by atoms with Crippen LogP contribution >= 0.6 is 11.6 Å². The molecule has 7 nitrogen and oxygen atoms in total. The summed E-state index contributed by atoms with van der Waals surface area (Å²) in [6.45, 7) is 6.73. The van der Waals surface area contributed by atoms with Crippen LogP contribution in [-0.4, -0.2) is 57.0 Å². The summed E-state index contributed by atoms with van der Waals surface area (Å²) in [5, 5.41) is 3.02. The number of amides is 1. The predicted octanol–water partition coefficient (Wildman–Crippen LogP) is 3.99. The highest BCUT2D eigenvalue weighted by molar-refractivity contribution is 7.89. The van der Waals surface area contributed by atoms with Gasteiger partial charge in [0.05, 0.1) is 27.7 Å². The van der Waals surface area contributed by atoms with Crippen molar-refractivity contribution in [1.29, 1.82) is 0 Å². The van der Waals surface area contributed by atoms with Gasteiger partial charge in [-0.2, -0.15) is 4.31 Å². The Bertz CT molecular complexity index is 1070. The summed E-state index contributed by atoms with van der Waals surface area (Å²) in [4.78, 5) is 15.2. The van der Waals surface area contributed by atoms with Gasteiger partial charge < -0.3 is 15.0 Å². The lowest BCUT2D eigenvalue weighted by Gasteiger charge is -2.36. The predicted molar refractivity (Wildman–Crippen MR) is 126 cm³/mol. The molecule has 2 aromatic rings. The summed E-state index contributed by atoms with van der Waals surface area (Å²) in [5.74, 6) is -0.449. The zero-order chi connectivity index (χ0) is 22.9. The molecule has 2 aliphatic rings. The van der Waals surface area contributed by atoms with Crippen molar-refractivity contribution in [3.05, 3.63) is 53.1 Å². The summed E-state index contributed by atoms with van der Waals surface area (Å²) in [7, 11) is -3.63. The largest absolute Gasteiger partial charge is 0.372 e. The van der Waals surface area contributed by atoms with E-state index in [1.807, 2.05) is 24.3 Å². The standard InChI is InChI=1S/C23H28ClN3O4S/c1-16-14-26(15-17(2)31-16)19-7-5-18(6-8-19)25-23(28)21-13-20(9-10-22(21)24)32(29,30)27-11-3-4-12-27/h5-10,13,16-17H,3-4,11-12,14-15H2,1-2H3,(H,25,28). The van der Waals surface area contributed by atoms with Gasteiger partial charge in [-0.1, -0.05) is 11.6 Å². The molecular weight excluding hydrogens is 450 g/mol. The molecule has 32 heavy (non-hydrogen) atoms. The van der Waals surface area contributed by atoms with Crippen molar-refractivity contribution in [2.45, 2.75) is 43.8 Å². The maximum Gasteiger partial charge on any atom is 0.257 e. The molecule has 2 fully saturated rings. The molecule has 0 bridgehead atoms. The second kappa shape index (κ2) is 9.39. The molecule has 2 aliphatic heterocycles. The molecule has 0 radical (unpaired) electrons. The third-order valence-electron chi connectivity index (χ3n) is 5.80. The summed E-state index contributed by atoms with van der Waals surface area (Å²) in [6.07, 6.45) is 2.01. The van der Waals surface area contributed by atoms with Crippen molar-refractivity contribution in [3.8, 4) is 0 Å². The number of anilines is 2. The van der Waals surface area contributed by atoms with Crippen LogP contribution in [0.4, 0.5) is 11.4 Å². The van der Waals surface area contributed by atoms with Gasteiger partial charge in [-0.3, -0.25) is 4.79 Å². The molecule has 0 saturated carbocycles. The van der Waals surface area contributed by atoms with Gasteiger partial charge in [0, 0.05) is 37.6 Å². The first-order valence-electron chi connectivity index (χ1n) is 10.9. The lowest BCUT2D eigenvalue weighted by Crippen LogP contribution is -2.45. The van der Waals surface area contributed by atoms with E-state index >= 15 is 0 Å². The SMILES string of the molecule is CC1CN(c2ccc(NC(=O)c3cc(S(=O)(=O)N4CCCC4)ccc3Cl)cc2)CC(C)O1. The first-order chi connectivity index (χ1) is 15.2. The minimum absolute atomic E-state index is 0.0832. The van der Waals surface area contributed by atoms with Crippen molar-refractivity contribution in [1.82, 2.24) is 4.31 Å². The van der Waals surface area contributed by atoms with Gasteiger partial charge in [-0.25, -0.2) is 8.42 Å². The number of nitrogens with one attached hydrogen (secondary N) is 1. The summed E-state index contributed by atoms with van der Waals surface area (Å²) in [6, 6.07) is 11.8. The summed E-state index contributed by atoms with van der Waals surface area (Å²) < 4.78 is 32.9. The molecule has 2 heterocycles. The third-order valence-corrected chi connectivity index (χ3v) is 8.02. The monoisotopic (exact) mass is 477 g/mol. The van der Waals surface area contributed by atoms with E-state index in [-0.39, 0.29) is 27.7 Å². The molecule has 0 aromatic heterocycles. The van der Waals surface area contributed by atoms with Crippen LogP contribution in [-0.2, 0) is 14.8 Å². The van der Waals surface area contributed by atoms with Crippen LogP contribution < -0.4 is 10.2 Å². The molecule has 4 rings (SSSR count). The van der Waals surface area contributed by atoms with E-state index in [1.54, 1.807) is 0 Å². The Balaban J connectivity index is 1.49. The average molecular weight is 478 g/mol. The maximum absolute atomic E-state index is 12.9. The lowest BCUT2D eigenvalue weighted by molar-refractivity contribution is -0.00521. The Kier molecular flexibility index (Phi) is 6.76. The number of sulfonamides is 1. The smallest absolute Gasteiger partial charge is 0.257 e. The van der Waals surface area contributed by atoms with E-state index in [1.165, 1.54) is 22.5 Å². The number of hydrogen-bond donors (Lipinski definition) is 1. The number of ether oxygens (including phenoxy) is 1. The molecule has 0 spiro atoms. The molecule has 2 aromatic carbocycles.